The largest absolute Gasteiger partial charge is 0.450 e. The Balaban J connectivity index is 1.89. The van der Waals surface area contributed by atoms with Crippen molar-refractivity contribution in [3.8, 4) is 10.8 Å². The molecular formula is C15H20N3O4S+. The van der Waals surface area contributed by atoms with Crippen molar-refractivity contribution >= 4 is 23.3 Å². The van der Waals surface area contributed by atoms with Crippen molar-refractivity contribution in [3.05, 3.63) is 29.5 Å². The summed E-state index contributed by atoms with van der Waals surface area (Å²) in [5.74, 6) is 0.212. The number of amides is 2. The van der Waals surface area contributed by atoms with E-state index in [9.17, 15) is 9.59 Å². The first-order valence-corrected chi connectivity index (χ1v) is 8.28. The lowest BCUT2D eigenvalue weighted by atomic mass is 10.4. The van der Waals surface area contributed by atoms with Gasteiger partial charge in [0, 0.05) is 0 Å². The lowest BCUT2D eigenvalue weighted by molar-refractivity contribution is -0.904. The summed E-state index contributed by atoms with van der Waals surface area (Å²) in [7, 11) is 0. The number of hydrogen-bond acceptors (Lipinski definition) is 6. The molecule has 0 radical (unpaired) electrons. The number of carbonyl (C=O) groups excluding carboxylic acids is 2. The molecule has 7 nitrogen and oxygen atoms in total. The second kappa shape index (κ2) is 8.44. The number of nitrogens with one attached hydrogen (secondary N) is 2. The van der Waals surface area contributed by atoms with Crippen LogP contribution in [0.2, 0.25) is 0 Å². The summed E-state index contributed by atoms with van der Waals surface area (Å²) in [5, 5.41) is 4.16. The average Bonchev–Trinajstić information content (AvgIpc) is 3.17. The van der Waals surface area contributed by atoms with Gasteiger partial charge in [0.15, 0.2) is 6.54 Å². The number of alkyl carbamates (subject to hydrolysis) is 1. The number of carbonyl (C=O) groups is 2. The third kappa shape index (κ3) is 5.19. The van der Waals surface area contributed by atoms with Gasteiger partial charge in [-0.15, -0.1) is 11.3 Å². The fraction of sp³-hybridized carbons (Fsp3) is 0.400. The molecule has 2 rings (SSSR count). The van der Waals surface area contributed by atoms with Gasteiger partial charge in [-0.05, 0) is 25.3 Å². The number of imide groups is 1. The van der Waals surface area contributed by atoms with Crippen LogP contribution in [0.25, 0.3) is 10.8 Å². The third-order valence-electron chi connectivity index (χ3n) is 3.14. The number of ether oxygens (including phenoxy) is 1. The van der Waals surface area contributed by atoms with Crippen LogP contribution in [-0.2, 0) is 16.1 Å². The van der Waals surface area contributed by atoms with Gasteiger partial charge in [-0.25, -0.2) is 9.78 Å². The Morgan fingerprint density at radius 1 is 1.43 bits per heavy atom. The van der Waals surface area contributed by atoms with E-state index in [2.05, 4.69) is 15.0 Å². The van der Waals surface area contributed by atoms with Crippen LogP contribution in [0.15, 0.2) is 28.2 Å². The molecule has 0 aromatic carbocycles. The maximum atomic E-state index is 11.8. The van der Waals surface area contributed by atoms with E-state index in [0.29, 0.717) is 12.4 Å². The summed E-state index contributed by atoms with van der Waals surface area (Å²) in [5.41, 5.74) is 0.772. The highest BCUT2D eigenvalue weighted by molar-refractivity contribution is 7.13. The maximum absolute atomic E-state index is 11.8. The molecule has 0 spiro atoms. The lowest BCUT2D eigenvalue weighted by Gasteiger charge is -2.15. The molecule has 0 saturated carbocycles. The fourth-order valence-corrected chi connectivity index (χ4v) is 2.68. The van der Waals surface area contributed by atoms with Gasteiger partial charge in [0.25, 0.3) is 5.91 Å². The molecule has 0 aliphatic rings. The highest BCUT2D eigenvalue weighted by Crippen LogP contribution is 2.23. The summed E-state index contributed by atoms with van der Waals surface area (Å²) in [4.78, 5) is 29.4. The molecule has 1 atom stereocenters. The predicted octanol–water partition coefficient (Wildman–Crippen LogP) is 1.08. The molecule has 2 aromatic rings. The number of rotatable bonds is 7. The first kappa shape index (κ1) is 17.2. The van der Waals surface area contributed by atoms with Crippen LogP contribution >= 0.6 is 11.3 Å². The van der Waals surface area contributed by atoms with Gasteiger partial charge in [0.1, 0.15) is 18.5 Å². The van der Waals surface area contributed by atoms with Crippen LogP contribution in [0.3, 0.4) is 0 Å². The van der Waals surface area contributed by atoms with Crippen molar-refractivity contribution in [2.24, 2.45) is 0 Å². The first-order chi connectivity index (χ1) is 11.1. The van der Waals surface area contributed by atoms with Crippen molar-refractivity contribution in [3.63, 3.8) is 0 Å². The summed E-state index contributed by atoms with van der Waals surface area (Å²) in [6.07, 6.45) is 0.892. The lowest BCUT2D eigenvalue weighted by Crippen LogP contribution is -3.11. The normalized spacial score (nSPS) is 11.9. The Bertz CT molecular complexity index is 639. The number of hydrogen-bond donors (Lipinski definition) is 2. The molecule has 0 aliphatic heterocycles. The van der Waals surface area contributed by atoms with Gasteiger partial charge < -0.3 is 14.1 Å². The van der Waals surface area contributed by atoms with Crippen molar-refractivity contribution in [1.29, 1.82) is 0 Å². The van der Waals surface area contributed by atoms with Crippen molar-refractivity contribution < 1.29 is 23.6 Å². The summed E-state index contributed by atoms with van der Waals surface area (Å²) in [6, 6.07) is 3.88. The molecule has 2 amide bonds. The molecule has 1 unspecified atom stereocenters. The fourth-order valence-electron chi connectivity index (χ4n) is 2.02. The van der Waals surface area contributed by atoms with E-state index in [1.54, 1.807) is 24.5 Å². The molecule has 23 heavy (non-hydrogen) atoms. The molecule has 0 bridgehead atoms. The minimum Gasteiger partial charge on any atom is -0.450 e. The quantitative estimate of drug-likeness (QED) is 0.789. The summed E-state index contributed by atoms with van der Waals surface area (Å²) >= 11 is 1.56. The number of likely N-dealkylation sites (N-methyl/N-ethyl adjacent to an activating group) is 1. The minimum atomic E-state index is -0.714. The maximum Gasteiger partial charge on any atom is 0.414 e. The topological polar surface area (TPSA) is 85.9 Å². The number of quaternary nitrogens is 1. The number of aromatic nitrogens is 1. The zero-order valence-electron chi connectivity index (χ0n) is 13.1. The first-order valence-electron chi connectivity index (χ1n) is 7.40. The smallest absolute Gasteiger partial charge is 0.414 e. The molecular weight excluding hydrogens is 318 g/mol. The molecule has 0 aliphatic carbocycles. The van der Waals surface area contributed by atoms with Crippen molar-refractivity contribution in [1.82, 2.24) is 10.3 Å². The number of nitrogens with zero attached hydrogens (tertiary/aromatic N) is 1. The zero-order chi connectivity index (χ0) is 16.7. The molecule has 2 heterocycles. The highest BCUT2D eigenvalue weighted by Gasteiger charge is 2.18. The molecule has 124 valence electrons. The van der Waals surface area contributed by atoms with Crippen molar-refractivity contribution in [2.75, 3.05) is 19.7 Å². The minimum absolute atomic E-state index is 0.163. The molecule has 2 N–H and O–H groups in total. The van der Waals surface area contributed by atoms with Gasteiger partial charge in [-0.3, -0.25) is 10.1 Å². The second-order valence-electron chi connectivity index (χ2n) is 4.85. The van der Waals surface area contributed by atoms with E-state index >= 15 is 0 Å². The van der Waals surface area contributed by atoms with Gasteiger partial charge in [0.05, 0.1) is 18.0 Å². The number of oxazole rings is 1. The van der Waals surface area contributed by atoms with Crippen LogP contribution in [0.5, 0.6) is 0 Å². The van der Waals surface area contributed by atoms with E-state index in [1.165, 1.54) is 0 Å². The van der Waals surface area contributed by atoms with Crippen molar-refractivity contribution in [2.45, 2.75) is 20.4 Å². The van der Waals surface area contributed by atoms with Crippen LogP contribution < -0.4 is 10.2 Å². The van der Waals surface area contributed by atoms with Gasteiger partial charge in [-0.2, -0.15) is 0 Å². The van der Waals surface area contributed by atoms with Crippen LogP contribution in [0.4, 0.5) is 4.79 Å². The SMILES string of the molecule is CCOC(=O)NC(=O)C[NH+](CC)Cc1coc(-c2cccs2)n1. The molecule has 0 fully saturated rings. The molecule has 2 aromatic heterocycles. The highest BCUT2D eigenvalue weighted by atomic mass is 32.1. The van der Waals surface area contributed by atoms with E-state index in [0.717, 1.165) is 22.0 Å². The Labute approximate surface area is 138 Å². The third-order valence-corrected chi connectivity index (χ3v) is 4.00. The van der Waals surface area contributed by atoms with Gasteiger partial charge >= 0.3 is 6.09 Å². The molecule has 8 heteroatoms. The monoisotopic (exact) mass is 338 g/mol. The van der Waals surface area contributed by atoms with E-state index in [1.807, 2.05) is 24.4 Å². The Hall–Kier alpha value is -2.19. The Morgan fingerprint density at radius 3 is 2.91 bits per heavy atom. The van der Waals surface area contributed by atoms with E-state index in [-0.39, 0.29) is 19.1 Å². The van der Waals surface area contributed by atoms with E-state index < -0.39 is 6.09 Å². The summed E-state index contributed by atoms with van der Waals surface area (Å²) in [6.45, 7) is 5.31. The second-order valence-corrected chi connectivity index (χ2v) is 5.79. The Morgan fingerprint density at radius 2 is 2.26 bits per heavy atom. The molecule has 0 saturated heterocycles. The van der Waals surface area contributed by atoms with Crippen LogP contribution in [0, 0.1) is 0 Å². The zero-order valence-corrected chi connectivity index (χ0v) is 13.9. The average molecular weight is 338 g/mol. The summed E-state index contributed by atoms with van der Waals surface area (Å²) < 4.78 is 10.2. The standard InChI is InChI=1S/C15H19N3O4S/c1-3-18(9-13(19)17-15(20)21-4-2)8-11-10-22-14(16-11)12-6-5-7-23-12/h5-7,10H,3-4,8-9H2,1-2H3,(H,17,19,20)/p+1. The van der Waals surface area contributed by atoms with E-state index in [4.69, 9.17) is 4.42 Å². The van der Waals surface area contributed by atoms with Crippen LogP contribution in [0.1, 0.15) is 19.5 Å². The van der Waals surface area contributed by atoms with Gasteiger partial charge in [-0.1, -0.05) is 6.07 Å². The van der Waals surface area contributed by atoms with Crippen LogP contribution in [-0.4, -0.2) is 36.7 Å². The van der Waals surface area contributed by atoms with Gasteiger partial charge in [0.2, 0.25) is 5.89 Å². The number of thiophene rings is 1. The predicted molar refractivity (Wildman–Crippen MR) is 85.1 cm³/mol. The Kier molecular flexibility index (Phi) is 6.30.